The smallest absolute Gasteiger partial charge is 0.330 e. The molecule has 0 aliphatic carbocycles. The van der Waals surface area contributed by atoms with Crippen LogP contribution in [0, 0.1) is 0 Å². The second-order valence-corrected chi connectivity index (χ2v) is 8.52. The van der Waals surface area contributed by atoms with Gasteiger partial charge in [0.15, 0.2) is 12.2 Å². The summed E-state index contributed by atoms with van der Waals surface area (Å²) in [5.74, 6) is -1.23. The fourth-order valence-corrected chi connectivity index (χ4v) is 4.79. The van der Waals surface area contributed by atoms with E-state index in [2.05, 4.69) is 6.58 Å². The number of ether oxygens (including phenoxy) is 3. The molecule has 1 rings (SSSR count). The van der Waals surface area contributed by atoms with E-state index >= 15 is 0 Å². The van der Waals surface area contributed by atoms with Crippen molar-refractivity contribution in [2.75, 3.05) is 19.4 Å². The Hall–Kier alpha value is -1.25. The lowest BCUT2D eigenvalue weighted by molar-refractivity contribution is -0.239. The van der Waals surface area contributed by atoms with Gasteiger partial charge in [-0.25, -0.2) is 0 Å². The molecule has 0 spiro atoms. The van der Waals surface area contributed by atoms with Gasteiger partial charge in [-0.1, -0.05) is 6.08 Å². The number of carbonyl (C=O) groups is 2. The van der Waals surface area contributed by atoms with E-state index in [1.54, 1.807) is 19.9 Å². The fourth-order valence-electron chi connectivity index (χ4n) is 3.10. The van der Waals surface area contributed by atoms with Crippen LogP contribution >= 0.6 is 7.60 Å². The maximum Gasteiger partial charge on any atom is 0.330 e. The van der Waals surface area contributed by atoms with Crippen LogP contribution in [0.3, 0.4) is 0 Å². The Balaban J connectivity index is 3.03. The predicted octanol–water partition coefficient (Wildman–Crippen LogP) is 2.21. The van der Waals surface area contributed by atoms with Crippen molar-refractivity contribution >= 4 is 19.5 Å². The maximum absolute atomic E-state index is 12.7. The molecule has 0 amide bonds. The highest BCUT2D eigenvalue weighted by Crippen LogP contribution is 2.49. The van der Waals surface area contributed by atoms with E-state index in [4.69, 9.17) is 23.3 Å². The molecule has 162 valence electrons. The van der Waals surface area contributed by atoms with Crippen molar-refractivity contribution in [1.82, 2.24) is 0 Å². The molecule has 10 heteroatoms. The zero-order chi connectivity index (χ0) is 21.3. The molecular formula is C18H31O9P. The van der Waals surface area contributed by atoms with Gasteiger partial charge in [0.05, 0.1) is 25.5 Å². The molecule has 1 fully saturated rings. The second-order valence-electron chi connectivity index (χ2n) is 6.33. The Morgan fingerprint density at radius 2 is 1.61 bits per heavy atom. The van der Waals surface area contributed by atoms with Crippen LogP contribution in [0.5, 0.6) is 0 Å². The van der Waals surface area contributed by atoms with Gasteiger partial charge in [-0.3, -0.25) is 14.2 Å². The molecule has 0 aromatic rings. The Kier molecular flexibility index (Phi) is 10.3. The summed E-state index contributed by atoms with van der Waals surface area (Å²) in [6.45, 7) is 9.92. The van der Waals surface area contributed by atoms with Gasteiger partial charge >= 0.3 is 19.5 Å². The second kappa shape index (κ2) is 11.7. The third-order valence-corrected chi connectivity index (χ3v) is 6.21. The van der Waals surface area contributed by atoms with Crippen molar-refractivity contribution in [1.29, 1.82) is 0 Å². The lowest BCUT2D eigenvalue weighted by Crippen LogP contribution is -2.60. The minimum atomic E-state index is -3.34. The standard InChI is InChI=1S/C18H31O9P/c1-6-9-15-17(25-12(4)19)18(26-13(5)20)16(21)14(27-15)10-11-28(22,23-7-2)24-8-3/h6,14-18,21H,1,7-11H2,2-5H3/t14-,15-,16-,17-,18+/m1/s1. The number of hydrogen-bond donors (Lipinski definition) is 1. The molecular weight excluding hydrogens is 391 g/mol. The largest absolute Gasteiger partial charge is 0.456 e. The summed E-state index contributed by atoms with van der Waals surface area (Å²) in [4.78, 5) is 23.0. The van der Waals surface area contributed by atoms with Crippen molar-refractivity contribution in [2.45, 2.75) is 71.1 Å². The van der Waals surface area contributed by atoms with Crippen LogP contribution < -0.4 is 0 Å². The normalized spacial score (nSPS) is 27.8. The zero-order valence-electron chi connectivity index (χ0n) is 16.9. The van der Waals surface area contributed by atoms with Gasteiger partial charge in [0.1, 0.15) is 12.2 Å². The number of hydrogen-bond acceptors (Lipinski definition) is 9. The number of esters is 2. The summed E-state index contributed by atoms with van der Waals surface area (Å²) < 4.78 is 39.6. The molecule has 1 aliphatic heterocycles. The summed E-state index contributed by atoms with van der Waals surface area (Å²) in [5, 5.41) is 10.7. The number of rotatable bonds is 11. The molecule has 1 aliphatic rings. The van der Waals surface area contributed by atoms with E-state index in [9.17, 15) is 19.3 Å². The molecule has 1 saturated heterocycles. The molecule has 0 unspecified atom stereocenters. The van der Waals surface area contributed by atoms with E-state index in [0.29, 0.717) is 6.42 Å². The maximum atomic E-state index is 12.7. The van der Waals surface area contributed by atoms with Gasteiger partial charge < -0.3 is 28.4 Å². The first-order valence-electron chi connectivity index (χ1n) is 9.34. The first kappa shape index (κ1) is 24.8. The van der Waals surface area contributed by atoms with Gasteiger partial charge in [-0.2, -0.15) is 0 Å². The minimum Gasteiger partial charge on any atom is -0.456 e. The Bertz CT molecular complexity index is 569. The molecule has 1 N–H and O–H groups in total. The lowest BCUT2D eigenvalue weighted by Gasteiger charge is -2.43. The van der Waals surface area contributed by atoms with Gasteiger partial charge in [0.2, 0.25) is 0 Å². The molecule has 0 saturated carbocycles. The molecule has 0 bridgehead atoms. The number of aliphatic hydroxyl groups is 1. The van der Waals surface area contributed by atoms with Crippen molar-refractivity contribution in [2.24, 2.45) is 0 Å². The van der Waals surface area contributed by atoms with Gasteiger partial charge in [-0.05, 0) is 26.7 Å². The van der Waals surface area contributed by atoms with Crippen molar-refractivity contribution in [3.05, 3.63) is 12.7 Å². The first-order chi connectivity index (χ1) is 13.2. The minimum absolute atomic E-state index is 0.0161. The number of carbonyl (C=O) groups excluding carboxylic acids is 2. The van der Waals surface area contributed by atoms with Crippen LogP contribution in [0.2, 0.25) is 0 Å². The van der Waals surface area contributed by atoms with Crippen LogP contribution in [0.15, 0.2) is 12.7 Å². The molecule has 0 aromatic heterocycles. The van der Waals surface area contributed by atoms with Crippen LogP contribution in [-0.2, 0) is 37.4 Å². The van der Waals surface area contributed by atoms with E-state index in [-0.39, 0.29) is 25.8 Å². The summed E-state index contributed by atoms with van der Waals surface area (Å²) in [6, 6.07) is 0. The van der Waals surface area contributed by atoms with Gasteiger partial charge in [-0.15, -0.1) is 6.58 Å². The SMILES string of the molecule is C=CC[C@H]1O[C@H](CCP(=O)(OCC)OCC)[C@@H](O)[C@H](OC(C)=O)[C@@H]1OC(C)=O. The Morgan fingerprint density at radius 3 is 2.07 bits per heavy atom. The van der Waals surface area contributed by atoms with E-state index in [0.717, 1.165) is 0 Å². The average molecular weight is 422 g/mol. The molecule has 9 nitrogen and oxygen atoms in total. The molecule has 5 atom stereocenters. The quantitative estimate of drug-likeness (QED) is 0.304. The summed E-state index contributed by atoms with van der Waals surface area (Å²) in [7, 11) is -3.34. The molecule has 1 heterocycles. The highest BCUT2D eigenvalue weighted by Gasteiger charge is 2.49. The first-order valence-corrected chi connectivity index (χ1v) is 11.1. The summed E-state index contributed by atoms with van der Waals surface area (Å²) >= 11 is 0. The van der Waals surface area contributed by atoms with Gasteiger partial charge in [0.25, 0.3) is 0 Å². The molecule has 28 heavy (non-hydrogen) atoms. The Labute approximate surface area is 165 Å². The zero-order valence-corrected chi connectivity index (χ0v) is 17.8. The third-order valence-electron chi connectivity index (χ3n) is 4.10. The Morgan fingerprint density at radius 1 is 1.07 bits per heavy atom. The third kappa shape index (κ3) is 7.29. The average Bonchev–Trinajstić information content (AvgIpc) is 2.59. The summed E-state index contributed by atoms with van der Waals surface area (Å²) in [5.41, 5.74) is 0. The van der Waals surface area contributed by atoms with E-state index < -0.39 is 50.1 Å². The van der Waals surface area contributed by atoms with Crippen LogP contribution in [0.4, 0.5) is 0 Å². The van der Waals surface area contributed by atoms with E-state index in [1.165, 1.54) is 13.8 Å². The van der Waals surface area contributed by atoms with Crippen LogP contribution in [0.1, 0.15) is 40.5 Å². The van der Waals surface area contributed by atoms with Crippen molar-refractivity contribution in [3.8, 4) is 0 Å². The summed E-state index contributed by atoms with van der Waals surface area (Å²) in [6.07, 6.45) is -2.88. The fraction of sp³-hybridized carbons (Fsp3) is 0.778. The van der Waals surface area contributed by atoms with Crippen LogP contribution in [-0.4, -0.2) is 66.9 Å². The highest BCUT2D eigenvalue weighted by atomic mass is 31.2. The van der Waals surface area contributed by atoms with E-state index in [1.807, 2.05) is 0 Å². The monoisotopic (exact) mass is 422 g/mol. The topological polar surface area (TPSA) is 118 Å². The molecule has 0 aromatic carbocycles. The highest BCUT2D eigenvalue weighted by molar-refractivity contribution is 7.53. The van der Waals surface area contributed by atoms with Crippen LogP contribution in [0.25, 0.3) is 0 Å². The lowest BCUT2D eigenvalue weighted by atomic mass is 9.91. The number of aliphatic hydroxyl groups excluding tert-OH is 1. The molecule has 0 radical (unpaired) electrons. The van der Waals surface area contributed by atoms with Crippen molar-refractivity contribution in [3.63, 3.8) is 0 Å². The van der Waals surface area contributed by atoms with Gasteiger partial charge in [0, 0.05) is 13.8 Å². The van der Waals surface area contributed by atoms with Crippen molar-refractivity contribution < 1.29 is 42.5 Å². The predicted molar refractivity (Wildman–Crippen MR) is 101 cm³/mol.